The molecule has 0 unspecified atom stereocenters. The van der Waals surface area contributed by atoms with Crippen LogP contribution in [0.2, 0.25) is 0 Å². The molecule has 0 amide bonds. The van der Waals surface area contributed by atoms with Gasteiger partial charge in [-0.1, -0.05) is 51.1 Å². The Balaban J connectivity index is 1.93. The highest BCUT2D eigenvalue weighted by molar-refractivity contribution is 7.92. The second-order valence-electron chi connectivity index (χ2n) is 9.48. The molecule has 1 N–H and O–H groups in total. The lowest BCUT2D eigenvalue weighted by molar-refractivity contribution is -0.113. The number of fused-ring (bicyclic) bond motifs is 1. The van der Waals surface area contributed by atoms with Gasteiger partial charge in [-0.2, -0.15) is 0 Å². The van der Waals surface area contributed by atoms with Crippen LogP contribution in [-0.2, 0) is 20.2 Å². The summed E-state index contributed by atoms with van der Waals surface area (Å²) in [6.45, 7) is 6.42. The smallest absolute Gasteiger partial charge is 0.229 e. The minimum absolute atomic E-state index is 0.0636. The number of nitrogens with zero attached hydrogens (tertiary/aromatic N) is 1. The number of nitrogens with one attached hydrogen (secondary N) is 1. The van der Waals surface area contributed by atoms with E-state index in [1.165, 1.54) is 0 Å². The van der Waals surface area contributed by atoms with Crippen molar-refractivity contribution in [2.45, 2.75) is 32.6 Å². The predicted octanol–water partition coefficient (Wildman–Crippen LogP) is 5.49. The number of anilines is 1. The van der Waals surface area contributed by atoms with Crippen molar-refractivity contribution in [3.8, 4) is 17.0 Å². The average Bonchev–Trinajstić information content (AvgIpc) is 2.76. The monoisotopic (exact) mass is 476 g/mol. The third-order valence-electron chi connectivity index (χ3n) is 5.73. The molecule has 1 aliphatic carbocycles. The summed E-state index contributed by atoms with van der Waals surface area (Å²) < 4.78 is 31.2. The molecule has 0 fully saturated rings. The van der Waals surface area contributed by atoms with Crippen molar-refractivity contribution in [1.29, 1.82) is 0 Å². The Morgan fingerprint density at radius 2 is 1.74 bits per heavy atom. The van der Waals surface area contributed by atoms with E-state index in [2.05, 4.69) is 37.6 Å². The molecule has 3 aromatic rings. The van der Waals surface area contributed by atoms with Crippen molar-refractivity contribution in [2.24, 2.45) is 0 Å². The maximum atomic E-state index is 12.7. The summed E-state index contributed by atoms with van der Waals surface area (Å²) in [4.78, 5) is 17.6. The van der Waals surface area contributed by atoms with Crippen LogP contribution in [0.1, 0.15) is 38.3 Å². The van der Waals surface area contributed by atoms with Crippen LogP contribution in [0, 0.1) is 0 Å². The fraction of sp³-hybridized carbons (Fsp3) is 0.259. The third-order valence-corrected chi connectivity index (χ3v) is 6.34. The van der Waals surface area contributed by atoms with E-state index in [0.29, 0.717) is 29.1 Å². The van der Waals surface area contributed by atoms with E-state index in [4.69, 9.17) is 9.72 Å². The lowest BCUT2D eigenvalue weighted by Crippen LogP contribution is -2.13. The number of ketones is 1. The summed E-state index contributed by atoms with van der Waals surface area (Å²) in [5, 5.41) is 0.903. The van der Waals surface area contributed by atoms with E-state index in [1.807, 2.05) is 36.4 Å². The number of pyridine rings is 1. The van der Waals surface area contributed by atoms with Crippen LogP contribution in [-0.4, -0.2) is 32.6 Å². The molecule has 1 aliphatic rings. The van der Waals surface area contributed by atoms with Gasteiger partial charge in [-0.05, 0) is 46.9 Å². The molecular weight excluding hydrogens is 448 g/mol. The fourth-order valence-corrected chi connectivity index (χ4v) is 4.55. The van der Waals surface area contributed by atoms with Gasteiger partial charge in [-0.3, -0.25) is 9.52 Å². The third kappa shape index (κ3) is 4.89. The summed E-state index contributed by atoms with van der Waals surface area (Å²) in [6, 6.07) is 13.2. The number of hydrogen-bond acceptors (Lipinski definition) is 5. The molecule has 2 aromatic carbocycles. The first kappa shape index (κ1) is 23.7. The van der Waals surface area contributed by atoms with Crippen LogP contribution < -0.4 is 9.46 Å². The number of carbonyl (C=O) groups is 1. The molecule has 0 radical (unpaired) electrons. The highest BCUT2D eigenvalue weighted by Crippen LogP contribution is 2.38. The van der Waals surface area contributed by atoms with E-state index in [9.17, 15) is 13.2 Å². The number of sulfonamides is 1. The van der Waals surface area contributed by atoms with E-state index in [-0.39, 0.29) is 11.2 Å². The van der Waals surface area contributed by atoms with E-state index in [0.717, 1.165) is 33.9 Å². The number of hydrogen-bond donors (Lipinski definition) is 1. The molecule has 1 heterocycles. The quantitative estimate of drug-likeness (QED) is 0.526. The van der Waals surface area contributed by atoms with Crippen molar-refractivity contribution >= 4 is 38.0 Å². The first-order chi connectivity index (χ1) is 16.0. The summed E-state index contributed by atoms with van der Waals surface area (Å²) in [5.74, 6) is 0.495. The minimum Gasteiger partial charge on any atom is -0.481 e. The molecule has 0 saturated heterocycles. The standard InChI is InChI=1S/C27H28N2O4S/c1-27(2,3)19-14-18-15-22(17-10-12-20(13-11-17)29-34(5,31)32)26(33-4)28-25(18)23(16-19)21-8-6-7-9-24(21)30/h6-8,10-16,29H,9H2,1-5H3. The van der Waals surface area contributed by atoms with Gasteiger partial charge in [0.25, 0.3) is 0 Å². The molecule has 1 aromatic heterocycles. The molecule has 4 rings (SSSR count). The predicted molar refractivity (Wildman–Crippen MR) is 138 cm³/mol. The average molecular weight is 477 g/mol. The van der Waals surface area contributed by atoms with Crippen LogP contribution in [0.25, 0.3) is 27.6 Å². The van der Waals surface area contributed by atoms with Gasteiger partial charge in [0.1, 0.15) is 0 Å². The van der Waals surface area contributed by atoms with Crippen LogP contribution in [0.4, 0.5) is 5.69 Å². The molecule has 0 atom stereocenters. The van der Waals surface area contributed by atoms with Crippen LogP contribution in [0.3, 0.4) is 0 Å². The van der Waals surface area contributed by atoms with Crippen molar-refractivity contribution in [1.82, 2.24) is 4.98 Å². The Morgan fingerprint density at radius 1 is 1.03 bits per heavy atom. The number of allylic oxidation sites excluding steroid dienone is 4. The van der Waals surface area contributed by atoms with E-state index < -0.39 is 10.0 Å². The molecule has 0 saturated carbocycles. The SMILES string of the molecule is COc1nc2c(C3=CC=CCC3=O)cc(C(C)(C)C)cc2cc1-c1ccc(NS(C)(=O)=O)cc1. The Hall–Kier alpha value is -3.45. The summed E-state index contributed by atoms with van der Waals surface area (Å²) in [7, 11) is -1.80. The summed E-state index contributed by atoms with van der Waals surface area (Å²) >= 11 is 0. The maximum absolute atomic E-state index is 12.7. The molecule has 0 spiro atoms. The second kappa shape index (κ2) is 8.72. The van der Waals surface area contributed by atoms with Crippen LogP contribution >= 0.6 is 0 Å². The first-order valence-electron chi connectivity index (χ1n) is 11.0. The van der Waals surface area contributed by atoms with Crippen molar-refractivity contribution in [3.63, 3.8) is 0 Å². The van der Waals surface area contributed by atoms with Gasteiger partial charge in [-0.15, -0.1) is 0 Å². The van der Waals surface area contributed by atoms with Crippen molar-refractivity contribution in [2.75, 3.05) is 18.1 Å². The first-order valence-corrected chi connectivity index (χ1v) is 12.9. The number of carbonyl (C=O) groups excluding carboxylic acids is 1. The molecule has 6 nitrogen and oxygen atoms in total. The summed E-state index contributed by atoms with van der Waals surface area (Å²) in [6.07, 6.45) is 7.10. The number of Topliss-reactive ketones (excluding diaryl/α,β-unsaturated/α-hetero) is 1. The summed E-state index contributed by atoms with van der Waals surface area (Å²) in [5.41, 5.74) is 5.22. The number of methoxy groups -OCH3 is 1. The highest BCUT2D eigenvalue weighted by atomic mass is 32.2. The zero-order chi connectivity index (χ0) is 24.7. The van der Waals surface area contributed by atoms with Crippen molar-refractivity contribution in [3.05, 3.63) is 71.8 Å². The van der Waals surface area contributed by atoms with E-state index >= 15 is 0 Å². The highest BCUT2D eigenvalue weighted by Gasteiger charge is 2.23. The zero-order valence-electron chi connectivity index (χ0n) is 20.0. The van der Waals surface area contributed by atoms with Crippen molar-refractivity contribution < 1.29 is 17.9 Å². The Bertz CT molecular complexity index is 1440. The largest absolute Gasteiger partial charge is 0.481 e. The molecule has 0 aliphatic heterocycles. The van der Waals surface area contributed by atoms with Gasteiger partial charge < -0.3 is 4.74 Å². The van der Waals surface area contributed by atoms with Gasteiger partial charge in [0.2, 0.25) is 15.9 Å². The van der Waals surface area contributed by atoms with Gasteiger partial charge in [-0.25, -0.2) is 13.4 Å². The molecule has 7 heteroatoms. The van der Waals surface area contributed by atoms with E-state index in [1.54, 1.807) is 19.2 Å². The molecule has 176 valence electrons. The minimum atomic E-state index is -3.36. The number of rotatable bonds is 5. The number of aromatic nitrogens is 1. The molecule has 0 bridgehead atoms. The van der Waals surface area contributed by atoms with Crippen LogP contribution in [0.5, 0.6) is 5.88 Å². The normalized spacial score (nSPS) is 14.3. The number of ether oxygens (including phenoxy) is 1. The topological polar surface area (TPSA) is 85.4 Å². The zero-order valence-corrected chi connectivity index (χ0v) is 20.8. The maximum Gasteiger partial charge on any atom is 0.229 e. The van der Waals surface area contributed by atoms with Gasteiger partial charge in [0.05, 0.1) is 18.9 Å². The Labute approximate surface area is 200 Å². The van der Waals surface area contributed by atoms with Gasteiger partial charge in [0, 0.05) is 34.2 Å². The molecular formula is C27H28N2O4S. The lowest BCUT2D eigenvalue weighted by atomic mass is 9.82. The van der Waals surface area contributed by atoms with Gasteiger partial charge in [0.15, 0.2) is 5.78 Å². The molecule has 34 heavy (non-hydrogen) atoms. The number of benzene rings is 2. The van der Waals surface area contributed by atoms with Crippen LogP contribution in [0.15, 0.2) is 60.7 Å². The second-order valence-corrected chi connectivity index (χ2v) is 11.2. The fourth-order valence-electron chi connectivity index (χ4n) is 3.99. The Morgan fingerprint density at radius 3 is 2.32 bits per heavy atom. The lowest BCUT2D eigenvalue weighted by Gasteiger charge is -2.23. The Kier molecular flexibility index (Phi) is 6.08. The van der Waals surface area contributed by atoms with Gasteiger partial charge >= 0.3 is 0 Å².